The smallest absolute Gasteiger partial charge is 0.332 e. The molecular formula is C11H21N3O. The zero-order valence-corrected chi connectivity index (χ0v) is 10.2. The van der Waals surface area contributed by atoms with Crippen LogP contribution >= 0.6 is 0 Å². The summed E-state index contributed by atoms with van der Waals surface area (Å²) in [5.74, 6) is 0.462. The van der Waals surface area contributed by atoms with Gasteiger partial charge in [0.05, 0.1) is 0 Å². The molecule has 0 bridgehead atoms. The van der Waals surface area contributed by atoms with Gasteiger partial charge in [-0.15, -0.1) is 0 Å². The minimum Gasteiger partial charge on any atom is -0.350 e. The van der Waals surface area contributed by atoms with Crippen LogP contribution in [-0.2, 0) is 0 Å². The molecule has 3 N–H and O–H groups in total. The van der Waals surface area contributed by atoms with Crippen molar-refractivity contribution in [3.63, 3.8) is 0 Å². The molecule has 1 saturated carbocycles. The number of primary amides is 1. The molecule has 2 amide bonds. The highest BCUT2D eigenvalue weighted by Crippen LogP contribution is 2.63. The van der Waals surface area contributed by atoms with Crippen molar-refractivity contribution in [2.45, 2.75) is 41.0 Å². The summed E-state index contributed by atoms with van der Waals surface area (Å²) in [5.41, 5.74) is 8.76. The fourth-order valence-electron chi connectivity index (χ4n) is 2.02. The van der Waals surface area contributed by atoms with E-state index in [9.17, 15) is 4.79 Å². The SMILES string of the molecule is C/C(=N/NC(N)=O)[C@@H]1C[C@]1(C)C(C)(C)C. The first kappa shape index (κ1) is 12.0. The van der Waals surface area contributed by atoms with Crippen molar-refractivity contribution in [2.24, 2.45) is 27.6 Å². The zero-order valence-electron chi connectivity index (χ0n) is 10.2. The van der Waals surface area contributed by atoms with Gasteiger partial charge < -0.3 is 5.73 Å². The Kier molecular flexibility index (Phi) is 2.81. The van der Waals surface area contributed by atoms with E-state index in [0.717, 1.165) is 12.1 Å². The number of carbonyl (C=O) groups is 1. The molecule has 0 unspecified atom stereocenters. The van der Waals surface area contributed by atoms with Gasteiger partial charge in [0.15, 0.2) is 0 Å². The van der Waals surface area contributed by atoms with Crippen molar-refractivity contribution in [3.05, 3.63) is 0 Å². The number of urea groups is 1. The molecule has 4 heteroatoms. The van der Waals surface area contributed by atoms with Gasteiger partial charge in [-0.3, -0.25) is 0 Å². The van der Waals surface area contributed by atoms with E-state index in [1.54, 1.807) is 0 Å². The van der Waals surface area contributed by atoms with Crippen LogP contribution < -0.4 is 11.2 Å². The van der Waals surface area contributed by atoms with Gasteiger partial charge in [-0.25, -0.2) is 10.2 Å². The summed E-state index contributed by atoms with van der Waals surface area (Å²) in [6, 6.07) is -0.604. The maximum Gasteiger partial charge on any atom is 0.332 e. The first-order valence-corrected chi connectivity index (χ1v) is 5.28. The largest absolute Gasteiger partial charge is 0.350 e. The maximum absolute atomic E-state index is 10.5. The summed E-state index contributed by atoms with van der Waals surface area (Å²) < 4.78 is 0. The molecule has 0 aromatic heterocycles. The van der Waals surface area contributed by atoms with E-state index in [-0.39, 0.29) is 5.41 Å². The summed E-state index contributed by atoms with van der Waals surface area (Å²) in [6.07, 6.45) is 1.13. The van der Waals surface area contributed by atoms with Gasteiger partial charge in [-0.05, 0) is 24.2 Å². The number of nitrogens with zero attached hydrogens (tertiary/aromatic N) is 1. The summed E-state index contributed by atoms with van der Waals surface area (Å²) >= 11 is 0. The second-order valence-corrected chi connectivity index (χ2v) is 5.65. The minimum atomic E-state index is -0.604. The predicted molar refractivity (Wildman–Crippen MR) is 61.5 cm³/mol. The third-order valence-electron chi connectivity index (χ3n) is 3.80. The van der Waals surface area contributed by atoms with Crippen LogP contribution in [0.15, 0.2) is 5.10 Å². The Morgan fingerprint density at radius 2 is 2.07 bits per heavy atom. The van der Waals surface area contributed by atoms with Crippen LogP contribution in [0.3, 0.4) is 0 Å². The Morgan fingerprint density at radius 1 is 1.53 bits per heavy atom. The molecule has 1 fully saturated rings. The molecule has 0 radical (unpaired) electrons. The Hall–Kier alpha value is -1.06. The van der Waals surface area contributed by atoms with Crippen LogP contribution in [0.5, 0.6) is 0 Å². The van der Waals surface area contributed by atoms with Gasteiger partial charge in [0, 0.05) is 11.6 Å². The van der Waals surface area contributed by atoms with E-state index in [1.165, 1.54) is 0 Å². The van der Waals surface area contributed by atoms with Crippen molar-refractivity contribution >= 4 is 11.7 Å². The number of nitrogens with one attached hydrogen (secondary N) is 1. The van der Waals surface area contributed by atoms with Crippen LogP contribution in [-0.4, -0.2) is 11.7 Å². The molecule has 86 valence electrons. The molecule has 1 rings (SSSR count). The molecule has 0 aromatic carbocycles. The first-order chi connectivity index (χ1) is 6.68. The van der Waals surface area contributed by atoms with Crippen LogP contribution in [0.1, 0.15) is 41.0 Å². The lowest BCUT2D eigenvalue weighted by atomic mass is 9.77. The molecule has 0 saturated heterocycles. The topological polar surface area (TPSA) is 67.5 Å². The summed E-state index contributed by atoms with van der Waals surface area (Å²) in [7, 11) is 0. The van der Waals surface area contributed by atoms with Crippen molar-refractivity contribution < 1.29 is 4.79 Å². The Balaban J connectivity index is 2.64. The van der Waals surface area contributed by atoms with Gasteiger partial charge in [0.1, 0.15) is 0 Å². The molecule has 1 aliphatic rings. The highest BCUT2D eigenvalue weighted by Gasteiger charge is 2.58. The quantitative estimate of drug-likeness (QED) is 0.533. The lowest BCUT2D eigenvalue weighted by Crippen LogP contribution is -2.27. The fraction of sp³-hybridized carbons (Fsp3) is 0.818. The molecule has 0 spiro atoms. The van der Waals surface area contributed by atoms with E-state index < -0.39 is 6.03 Å². The summed E-state index contributed by atoms with van der Waals surface area (Å²) in [4.78, 5) is 10.5. The Bertz CT molecular complexity index is 303. The number of hydrogen-bond acceptors (Lipinski definition) is 2. The van der Waals surface area contributed by atoms with E-state index in [1.807, 2.05) is 6.92 Å². The van der Waals surface area contributed by atoms with Crippen LogP contribution in [0, 0.1) is 16.7 Å². The van der Waals surface area contributed by atoms with Gasteiger partial charge in [-0.1, -0.05) is 27.7 Å². The van der Waals surface area contributed by atoms with Crippen LogP contribution in [0.4, 0.5) is 4.79 Å². The van der Waals surface area contributed by atoms with Crippen molar-refractivity contribution in [3.8, 4) is 0 Å². The average molecular weight is 211 g/mol. The molecule has 15 heavy (non-hydrogen) atoms. The summed E-state index contributed by atoms with van der Waals surface area (Å²) in [6.45, 7) is 10.9. The van der Waals surface area contributed by atoms with Gasteiger partial charge >= 0.3 is 6.03 Å². The van der Waals surface area contributed by atoms with Crippen molar-refractivity contribution in [1.29, 1.82) is 0 Å². The van der Waals surface area contributed by atoms with E-state index in [4.69, 9.17) is 5.73 Å². The molecule has 1 aliphatic carbocycles. The van der Waals surface area contributed by atoms with Gasteiger partial charge in [-0.2, -0.15) is 5.10 Å². The Morgan fingerprint density at radius 3 is 2.40 bits per heavy atom. The molecular weight excluding hydrogens is 190 g/mol. The van der Waals surface area contributed by atoms with Crippen molar-refractivity contribution in [2.75, 3.05) is 0 Å². The fourth-order valence-corrected chi connectivity index (χ4v) is 2.02. The second-order valence-electron chi connectivity index (χ2n) is 5.65. The van der Waals surface area contributed by atoms with Crippen molar-refractivity contribution in [1.82, 2.24) is 5.43 Å². The lowest BCUT2D eigenvalue weighted by Gasteiger charge is -2.28. The highest BCUT2D eigenvalue weighted by atomic mass is 16.2. The number of hydrogen-bond donors (Lipinski definition) is 2. The number of hydrazone groups is 1. The molecule has 4 nitrogen and oxygen atoms in total. The average Bonchev–Trinajstić information content (AvgIpc) is 2.74. The first-order valence-electron chi connectivity index (χ1n) is 5.28. The number of carbonyl (C=O) groups excluding carboxylic acids is 1. The predicted octanol–water partition coefficient (Wildman–Crippen LogP) is 2.10. The Labute approximate surface area is 91.3 Å². The monoisotopic (exact) mass is 211 g/mol. The molecule has 0 heterocycles. The van der Waals surface area contributed by atoms with Gasteiger partial charge in [0.2, 0.25) is 0 Å². The van der Waals surface area contributed by atoms with Gasteiger partial charge in [0.25, 0.3) is 0 Å². The van der Waals surface area contributed by atoms with Crippen LogP contribution in [0.25, 0.3) is 0 Å². The molecule has 0 aliphatic heterocycles. The maximum atomic E-state index is 10.5. The number of nitrogens with two attached hydrogens (primary N) is 1. The molecule has 0 aromatic rings. The molecule has 2 atom stereocenters. The van der Waals surface area contributed by atoms with E-state index >= 15 is 0 Å². The zero-order chi connectivity index (χ0) is 11.9. The number of rotatable bonds is 2. The number of amides is 2. The standard InChI is InChI=1S/C11H21N3O/c1-7(13-14-9(12)15)8-6-11(8,5)10(2,3)4/h8H,6H2,1-5H3,(H3,12,14,15)/b13-7-/t8-,11-/m0/s1. The van der Waals surface area contributed by atoms with E-state index in [2.05, 4.69) is 38.2 Å². The van der Waals surface area contributed by atoms with E-state index in [0.29, 0.717) is 11.3 Å². The van der Waals surface area contributed by atoms with Crippen LogP contribution in [0.2, 0.25) is 0 Å². The third kappa shape index (κ3) is 2.30. The second kappa shape index (κ2) is 3.51. The third-order valence-corrected chi connectivity index (χ3v) is 3.80. The highest BCUT2D eigenvalue weighted by molar-refractivity contribution is 5.89. The minimum absolute atomic E-state index is 0.265. The normalized spacial score (nSPS) is 31.3. The summed E-state index contributed by atoms with van der Waals surface area (Å²) in [5, 5.41) is 3.99. The lowest BCUT2D eigenvalue weighted by molar-refractivity contribution is 0.226.